The summed E-state index contributed by atoms with van der Waals surface area (Å²) in [4.78, 5) is 1.34. The molecule has 0 saturated carbocycles. The van der Waals surface area contributed by atoms with Crippen LogP contribution in [0.5, 0.6) is 0 Å². The maximum atomic E-state index is 3.58. The summed E-state index contributed by atoms with van der Waals surface area (Å²) in [6.45, 7) is 7.77. The van der Waals surface area contributed by atoms with Gasteiger partial charge < -0.3 is 5.32 Å². The number of rotatable bonds is 6. The first-order valence-electron chi connectivity index (χ1n) is 6.10. The topological polar surface area (TPSA) is 12.0 Å². The van der Waals surface area contributed by atoms with Gasteiger partial charge >= 0.3 is 0 Å². The van der Waals surface area contributed by atoms with Crippen LogP contribution >= 0.6 is 11.8 Å². The summed E-state index contributed by atoms with van der Waals surface area (Å²) in [5.41, 5.74) is 1.41. The lowest BCUT2D eigenvalue weighted by Gasteiger charge is -2.24. The molecule has 1 N–H and O–H groups in total. The molecule has 1 aromatic rings. The molecule has 1 rings (SSSR count). The molecule has 0 aliphatic heterocycles. The third-order valence-corrected chi connectivity index (χ3v) is 3.86. The van der Waals surface area contributed by atoms with Gasteiger partial charge in [0.25, 0.3) is 0 Å². The fourth-order valence-corrected chi connectivity index (χ4v) is 2.32. The van der Waals surface area contributed by atoms with Crippen molar-refractivity contribution >= 4 is 11.8 Å². The van der Waals surface area contributed by atoms with E-state index >= 15 is 0 Å². The summed E-state index contributed by atoms with van der Waals surface area (Å²) in [6, 6.07) is 9.43. The first kappa shape index (κ1) is 13.6. The van der Waals surface area contributed by atoms with Gasteiger partial charge in [0.2, 0.25) is 0 Å². The average Bonchev–Trinajstić information content (AvgIpc) is 2.35. The number of hydrogen-bond acceptors (Lipinski definition) is 2. The molecule has 0 aromatic heterocycles. The average molecular weight is 237 g/mol. The van der Waals surface area contributed by atoms with Crippen LogP contribution in [0.4, 0.5) is 0 Å². The Bertz CT molecular complexity index is 294. The summed E-state index contributed by atoms with van der Waals surface area (Å²) in [5, 5.41) is 3.58. The first-order chi connectivity index (χ1) is 7.72. The minimum absolute atomic E-state index is 0.492. The molecular weight excluding hydrogens is 214 g/mol. The van der Waals surface area contributed by atoms with Crippen LogP contribution < -0.4 is 5.32 Å². The summed E-state index contributed by atoms with van der Waals surface area (Å²) < 4.78 is 0. The second-order valence-electron chi connectivity index (χ2n) is 4.19. The molecule has 0 amide bonds. The maximum absolute atomic E-state index is 3.58. The Balaban J connectivity index is 2.83. The van der Waals surface area contributed by atoms with E-state index in [2.05, 4.69) is 56.6 Å². The summed E-state index contributed by atoms with van der Waals surface area (Å²) in [7, 11) is 0. The van der Waals surface area contributed by atoms with Crippen LogP contribution in [-0.2, 0) is 0 Å². The molecule has 0 fully saturated rings. The molecule has 0 saturated heterocycles. The SMILES string of the molecule is CCNC(c1ccc(SC)cc1)C(C)CC. The number of nitrogens with one attached hydrogen (secondary N) is 1. The molecule has 0 radical (unpaired) electrons. The van der Waals surface area contributed by atoms with Gasteiger partial charge in [0, 0.05) is 10.9 Å². The van der Waals surface area contributed by atoms with E-state index in [4.69, 9.17) is 0 Å². The third kappa shape index (κ3) is 3.53. The van der Waals surface area contributed by atoms with E-state index < -0.39 is 0 Å². The highest BCUT2D eigenvalue weighted by atomic mass is 32.2. The molecule has 0 aliphatic carbocycles. The van der Waals surface area contributed by atoms with Crippen LogP contribution in [-0.4, -0.2) is 12.8 Å². The zero-order valence-electron chi connectivity index (χ0n) is 10.8. The zero-order chi connectivity index (χ0) is 12.0. The molecule has 2 unspecified atom stereocenters. The lowest BCUT2D eigenvalue weighted by atomic mass is 9.92. The Morgan fingerprint density at radius 2 is 1.81 bits per heavy atom. The highest BCUT2D eigenvalue weighted by Gasteiger charge is 2.16. The van der Waals surface area contributed by atoms with Gasteiger partial charge in [-0.1, -0.05) is 39.3 Å². The van der Waals surface area contributed by atoms with Crippen molar-refractivity contribution in [2.75, 3.05) is 12.8 Å². The van der Waals surface area contributed by atoms with Crippen molar-refractivity contribution in [1.82, 2.24) is 5.32 Å². The van der Waals surface area contributed by atoms with Gasteiger partial charge in [0.05, 0.1) is 0 Å². The van der Waals surface area contributed by atoms with Crippen molar-refractivity contribution in [2.45, 2.75) is 38.1 Å². The molecule has 0 aliphatic rings. The normalized spacial score (nSPS) is 14.8. The molecule has 2 heteroatoms. The molecule has 1 aromatic carbocycles. The standard InChI is InChI=1S/C14H23NS/c1-5-11(3)14(15-6-2)12-7-9-13(16-4)10-8-12/h7-11,14-15H,5-6H2,1-4H3. The van der Waals surface area contributed by atoms with Crippen molar-refractivity contribution in [3.63, 3.8) is 0 Å². The predicted octanol–water partition coefficient (Wildman–Crippen LogP) is 4.11. The molecule has 0 spiro atoms. The number of thioether (sulfide) groups is 1. The van der Waals surface area contributed by atoms with E-state index in [0.29, 0.717) is 12.0 Å². The maximum Gasteiger partial charge on any atom is 0.0345 e. The fraction of sp³-hybridized carbons (Fsp3) is 0.571. The minimum atomic E-state index is 0.492. The van der Waals surface area contributed by atoms with E-state index in [1.54, 1.807) is 11.8 Å². The molecule has 0 heterocycles. The number of hydrogen-bond donors (Lipinski definition) is 1. The molecule has 16 heavy (non-hydrogen) atoms. The summed E-state index contributed by atoms with van der Waals surface area (Å²) in [6.07, 6.45) is 3.33. The Kier molecular flexibility index (Phi) is 5.93. The molecule has 90 valence electrons. The Labute approximate surface area is 104 Å². The second kappa shape index (κ2) is 6.97. The van der Waals surface area contributed by atoms with Crippen molar-refractivity contribution < 1.29 is 0 Å². The van der Waals surface area contributed by atoms with Gasteiger partial charge in [-0.25, -0.2) is 0 Å². The van der Waals surface area contributed by atoms with Gasteiger partial charge in [-0.15, -0.1) is 11.8 Å². The van der Waals surface area contributed by atoms with Gasteiger partial charge in [-0.2, -0.15) is 0 Å². The monoisotopic (exact) mass is 237 g/mol. The van der Waals surface area contributed by atoms with Crippen LogP contribution in [0.3, 0.4) is 0 Å². The van der Waals surface area contributed by atoms with Gasteiger partial charge in [-0.05, 0) is 36.4 Å². The smallest absolute Gasteiger partial charge is 0.0345 e. The van der Waals surface area contributed by atoms with E-state index in [1.165, 1.54) is 16.9 Å². The fourth-order valence-electron chi connectivity index (χ4n) is 1.91. The third-order valence-electron chi connectivity index (χ3n) is 3.11. The van der Waals surface area contributed by atoms with E-state index in [0.717, 1.165) is 6.54 Å². The van der Waals surface area contributed by atoms with Crippen LogP contribution in [0.2, 0.25) is 0 Å². The number of benzene rings is 1. The van der Waals surface area contributed by atoms with Crippen LogP contribution in [0.15, 0.2) is 29.2 Å². The lowest BCUT2D eigenvalue weighted by molar-refractivity contribution is 0.384. The first-order valence-corrected chi connectivity index (χ1v) is 7.32. The Hall–Kier alpha value is -0.470. The molecule has 2 atom stereocenters. The van der Waals surface area contributed by atoms with Gasteiger partial charge in [-0.3, -0.25) is 0 Å². The quantitative estimate of drug-likeness (QED) is 0.747. The highest BCUT2D eigenvalue weighted by molar-refractivity contribution is 7.98. The largest absolute Gasteiger partial charge is 0.310 e. The van der Waals surface area contributed by atoms with Crippen LogP contribution in [0.1, 0.15) is 38.8 Å². The van der Waals surface area contributed by atoms with Crippen LogP contribution in [0, 0.1) is 5.92 Å². The van der Waals surface area contributed by atoms with Crippen molar-refractivity contribution in [3.05, 3.63) is 29.8 Å². The predicted molar refractivity (Wildman–Crippen MR) is 74.1 cm³/mol. The molecule has 1 nitrogen and oxygen atoms in total. The van der Waals surface area contributed by atoms with E-state index in [-0.39, 0.29) is 0 Å². The van der Waals surface area contributed by atoms with Crippen LogP contribution in [0.25, 0.3) is 0 Å². The highest BCUT2D eigenvalue weighted by Crippen LogP contribution is 2.26. The molecular formula is C14H23NS. The second-order valence-corrected chi connectivity index (χ2v) is 5.07. The minimum Gasteiger partial charge on any atom is -0.310 e. The molecule has 0 bridgehead atoms. The van der Waals surface area contributed by atoms with Gasteiger partial charge in [0.1, 0.15) is 0 Å². The zero-order valence-corrected chi connectivity index (χ0v) is 11.6. The van der Waals surface area contributed by atoms with E-state index in [1.807, 2.05) is 0 Å². The van der Waals surface area contributed by atoms with Crippen molar-refractivity contribution in [2.24, 2.45) is 5.92 Å². The summed E-state index contributed by atoms with van der Waals surface area (Å²) >= 11 is 1.80. The van der Waals surface area contributed by atoms with Gasteiger partial charge in [0.15, 0.2) is 0 Å². The van der Waals surface area contributed by atoms with Crippen molar-refractivity contribution in [3.8, 4) is 0 Å². The lowest BCUT2D eigenvalue weighted by Crippen LogP contribution is -2.26. The summed E-state index contributed by atoms with van der Waals surface area (Å²) in [5.74, 6) is 0.681. The van der Waals surface area contributed by atoms with E-state index in [9.17, 15) is 0 Å². The Morgan fingerprint density at radius 1 is 1.19 bits per heavy atom. The Morgan fingerprint density at radius 3 is 2.25 bits per heavy atom. The van der Waals surface area contributed by atoms with Crippen molar-refractivity contribution in [1.29, 1.82) is 0 Å².